The maximum atomic E-state index is 13.1. The zero-order chi connectivity index (χ0) is 25.1. The highest BCUT2D eigenvalue weighted by Gasteiger charge is 2.49. The number of rotatable bonds is 5. The average Bonchev–Trinajstić information content (AvgIpc) is 3.31. The summed E-state index contributed by atoms with van der Waals surface area (Å²) >= 11 is 0. The van der Waals surface area contributed by atoms with Gasteiger partial charge in [0.2, 0.25) is 0 Å². The van der Waals surface area contributed by atoms with Crippen LogP contribution in [0.1, 0.15) is 24.9 Å². The highest BCUT2D eigenvalue weighted by atomic mass is 19.4. The Morgan fingerprint density at radius 3 is 2.40 bits per heavy atom. The van der Waals surface area contributed by atoms with E-state index in [-0.39, 0.29) is 22.7 Å². The molecule has 0 amide bonds. The Labute approximate surface area is 197 Å². The Kier molecular flexibility index (Phi) is 5.48. The van der Waals surface area contributed by atoms with Gasteiger partial charge in [0.1, 0.15) is 23.2 Å². The molecule has 3 aromatic heterocycles. The lowest BCUT2D eigenvalue weighted by Gasteiger charge is -2.48. The molecule has 188 valence electrons. The zero-order valence-electron chi connectivity index (χ0n) is 19.2. The van der Waals surface area contributed by atoms with Crippen LogP contribution in [-0.2, 0) is 19.3 Å². The van der Waals surface area contributed by atoms with Gasteiger partial charge < -0.3 is 9.80 Å². The minimum absolute atomic E-state index is 0.0650. The molecule has 2 aliphatic heterocycles. The Hall–Kier alpha value is -3.25. The molecule has 0 N–H and O–H groups in total. The van der Waals surface area contributed by atoms with Crippen LogP contribution in [0.2, 0.25) is 0 Å². The van der Waals surface area contributed by atoms with Gasteiger partial charge in [0.15, 0.2) is 5.65 Å². The van der Waals surface area contributed by atoms with Gasteiger partial charge in [-0.3, -0.25) is 9.13 Å². The van der Waals surface area contributed by atoms with Crippen molar-refractivity contribution >= 4 is 22.8 Å². The molecule has 2 fully saturated rings. The lowest BCUT2D eigenvalue weighted by Crippen LogP contribution is -2.58. The van der Waals surface area contributed by atoms with E-state index in [1.54, 1.807) is 19.1 Å². The molecule has 0 saturated carbocycles. The van der Waals surface area contributed by atoms with Gasteiger partial charge in [-0.1, -0.05) is 0 Å². The Balaban J connectivity index is 1.36. The minimum atomic E-state index is -4.54. The van der Waals surface area contributed by atoms with E-state index in [1.807, 2.05) is 9.80 Å². The molecule has 13 heteroatoms. The van der Waals surface area contributed by atoms with E-state index in [0.717, 1.165) is 17.1 Å². The molecule has 5 rings (SSSR count). The highest BCUT2D eigenvalue weighted by Crippen LogP contribution is 2.43. The number of hydrogen-bond acceptors (Lipinski definition) is 6. The first kappa shape index (κ1) is 23.5. The SMILES string of the molecule is CCn1c(=O)n(CC(F)F)c2nc(N3CCC4(CN(c5cc(C(F)(F)F)nc(C)n5)C4)C3)ccc21. The summed E-state index contributed by atoms with van der Waals surface area (Å²) in [4.78, 5) is 28.7. The average molecular weight is 497 g/mol. The predicted molar refractivity (Wildman–Crippen MR) is 119 cm³/mol. The number of alkyl halides is 5. The van der Waals surface area contributed by atoms with Gasteiger partial charge in [0.05, 0.1) is 12.1 Å². The van der Waals surface area contributed by atoms with Crippen LogP contribution < -0.4 is 15.5 Å². The first-order valence-electron chi connectivity index (χ1n) is 11.3. The standard InChI is InChI=1S/C22H24F5N7O/c1-3-33-14-4-5-17(30-19(14)34(20(33)35)9-16(23)24)31-7-6-21(10-31)11-32(12-21)18-8-15(22(25,26)27)28-13(2)29-18/h4-5,8,16H,3,6-7,9-12H2,1-2H3. The van der Waals surface area contributed by atoms with E-state index >= 15 is 0 Å². The van der Waals surface area contributed by atoms with E-state index in [0.29, 0.717) is 44.1 Å². The third-order valence-electron chi connectivity index (χ3n) is 6.74. The van der Waals surface area contributed by atoms with Crippen LogP contribution in [0.4, 0.5) is 33.6 Å². The molecule has 2 aliphatic rings. The number of hydrogen-bond donors (Lipinski definition) is 0. The summed E-state index contributed by atoms with van der Waals surface area (Å²) in [7, 11) is 0. The number of aryl methyl sites for hydroxylation is 2. The Morgan fingerprint density at radius 2 is 1.74 bits per heavy atom. The quantitative estimate of drug-likeness (QED) is 0.504. The van der Waals surface area contributed by atoms with E-state index in [4.69, 9.17) is 0 Å². The number of pyridine rings is 1. The molecule has 0 aliphatic carbocycles. The van der Waals surface area contributed by atoms with Gasteiger partial charge in [-0.15, -0.1) is 0 Å². The lowest BCUT2D eigenvalue weighted by atomic mass is 9.79. The summed E-state index contributed by atoms with van der Waals surface area (Å²) in [6.07, 6.45) is -6.42. The van der Waals surface area contributed by atoms with Gasteiger partial charge in [0.25, 0.3) is 6.43 Å². The van der Waals surface area contributed by atoms with Gasteiger partial charge in [-0.25, -0.2) is 28.5 Å². The molecular weight excluding hydrogens is 473 g/mol. The van der Waals surface area contributed by atoms with Crippen molar-refractivity contribution < 1.29 is 22.0 Å². The Morgan fingerprint density at radius 1 is 1.03 bits per heavy atom. The van der Waals surface area contributed by atoms with E-state index in [2.05, 4.69) is 15.0 Å². The first-order valence-corrected chi connectivity index (χ1v) is 11.3. The molecule has 0 aromatic carbocycles. The van der Waals surface area contributed by atoms with Crippen molar-refractivity contribution in [3.05, 3.63) is 40.2 Å². The van der Waals surface area contributed by atoms with Crippen molar-refractivity contribution in [2.45, 2.75) is 46.0 Å². The fraction of sp³-hybridized carbons (Fsp3) is 0.545. The maximum absolute atomic E-state index is 13.1. The second kappa shape index (κ2) is 8.16. The van der Waals surface area contributed by atoms with Crippen molar-refractivity contribution in [3.63, 3.8) is 0 Å². The summed E-state index contributed by atoms with van der Waals surface area (Å²) in [5.41, 5.74) is -0.878. The van der Waals surface area contributed by atoms with Crippen molar-refractivity contribution in [1.29, 1.82) is 0 Å². The number of imidazole rings is 1. The molecule has 0 unspecified atom stereocenters. The van der Waals surface area contributed by atoms with Crippen molar-refractivity contribution in [3.8, 4) is 0 Å². The number of fused-ring (bicyclic) bond motifs is 1. The number of halogens is 5. The topological polar surface area (TPSA) is 72.1 Å². The summed E-state index contributed by atoms with van der Waals surface area (Å²) in [5.74, 6) is 0.905. The van der Waals surface area contributed by atoms with Gasteiger partial charge >= 0.3 is 11.9 Å². The van der Waals surface area contributed by atoms with Gasteiger partial charge in [-0.2, -0.15) is 13.2 Å². The summed E-state index contributed by atoms with van der Waals surface area (Å²) in [5, 5.41) is 0. The third-order valence-corrected chi connectivity index (χ3v) is 6.74. The van der Waals surface area contributed by atoms with E-state index < -0.39 is 30.5 Å². The minimum Gasteiger partial charge on any atom is -0.356 e. The van der Waals surface area contributed by atoms with Crippen LogP contribution in [0.3, 0.4) is 0 Å². The van der Waals surface area contributed by atoms with E-state index in [1.165, 1.54) is 11.5 Å². The molecular formula is C22H24F5N7O. The molecule has 5 heterocycles. The fourth-order valence-electron chi connectivity index (χ4n) is 5.14. The van der Waals surface area contributed by atoms with Crippen LogP contribution in [0, 0.1) is 12.3 Å². The van der Waals surface area contributed by atoms with Crippen LogP contribution >= 0.6 is 0 Å². The third kappa shape index (κ3) is 4.10. The largest absolute Gasteiger partial charge is 0.433 e. The Bertz CT molecular complexity index is 1330. The molecule has 3 aromatic rings. The second-order valence-corrected chi connectivity index (χ2v) is 9.22. The highest BCUT2D eigenvalue weighted by molar-refractivity contribution is 5.74. The molecule has 35 heavy (non-hydrogen) atoms. The van der Waals surface area contributed by atoms with Crippen LogP contribution in [0.15, 0.2) is 23.0 Å². The molecule has 1 spiro atoms. The van der Waals surface area contributed by atoms with Crippen molar-refractivity contribution in [1.82, 2.24) is 24.1 Å². The maximum Gasteiger partial charge on any atom is 0.433 e. The first-order chi connectivity index (χ1) is 16.5. The normalized spacial score (nSPS) is 17.7. The van der Waals surface area contributed by atoms with Crippen molar-refractivity contribution in [2.75, 3.05) is 36.0 Å². The lowest BCUT2D eigenvalue weighted by molar-refractivity contribution is -0.141. The summed E-state index contributed by atoms with van der Waals surface area (Å²) in [6.45, 7) is 5.19. The van der Waals surface area contributed by atoms with Crippen LogP contribution in [0.25, 0.3) is 11.2 Å². The zero-order valence-corrected chi connectivity index (χ0v) is 19.2. The molecule has 0 radical (unpaired) electrons. The van der Waals surface area contributed by atoms with Crippen LogP contribution in [0.5, 0.6) is 0 Å². The molecule has 0 atom stereocenters. The smallest absolute Gasteiger partial charge is 0.356 e. The van der Waals surface area contributed by atoms with E-state index in [9.17, 15) is 26.7 Å². The second-order valence-electron chi connectivity index (χ2n) is 9.22. The monoisotopic (exact) mass is 497 g/mol. The number of anilines is 2. The fourth-order valence-corrected chi connectivity index (χ4v) is 5.14. The number of nitrogens with zero attached hydrogens (tertiary/aromatic N) is 7. The summed E-state index contributed by atoms with van der Waals surface area (Å²) < 4.78 is 68.1. The molecule has 8 nitrogen and oxygen atoms in total. The number of aromatic nitrogens is 5. The molecule has 2 saturated heterocycles. The van der Waals surface area contributed by atoms with Crippen molar-refractivity contribution in [2.24, 2.45) is 5.41 Å². The summed E-state index contributed by atoms with van der Waals surface area (Å²) in [6, 6.07) is 4.48. The predicted octanol–water partition coefficient (Wildman–Crippen LogP) is 3.32. The van der Waals surface area contributed by atoms with Crippen LogP contribution in [-0.4, -0.2) is 56.7 Å². The molecule has 0 bridgehead atoms. The van der Waals surface area contributed by atoms with Gasteiger partial charge in [-0.05, 0) is 32.4 Å². The van der Waals surface area contributed by atoms with Gasteiger partial charge in [0, 0.05) is 44.2 Å².